The summed E-state index contributed by atoms with van der Waals surface area (Å²) >= 11 is 1.63. The highest BCUT2D eigenvalue weighted by Gasteiger charge is 2.27. The third-order valence-electron chi connectivity index (χ3n) is 5.13. The second-order valence-electron chi connectivity index (χ2n) is 6.94. The van der Waals surface area contributed by atoms with Gasteiger partial charge in [-0.25, -0.2) is 4.98 Å². The molecule has 0 unspecified atom stereocenters. The lowest BCUT2D eigenvalue weighted by atomic mass is 9.97. The summed E-state index contributed by atoms with van der Waals surface area (Å²) in [6, 6.07) is 5.26. The summed E-state index contributed by atoms with van der Waals surface area (Å²) < 4.78 is 10.6. The topological polar surface area (TPSA) is 80.8 Å². The predicted octanol–water partition coefficient (Wildman–Crippen LogP) is 3.21. The van der Waals surface area contributed by atoms with E-state index in [9.17, 15) is 9.59 Å². The number of carbonyl (C=O) groups is 2. The molecule has 2 aromatic rings. The van der Waals surface area contributed by atoms with Gasteiger partial charge in [-0.15, -0.1) is 11.3 Å². The molecule has 1 aromatic carbocycles. The Balaban J connectivity index is 1.59. The number of aromatic nitrogens is 1. The summed E-state index contributed by atoms with van der Waals surface area (Å²) in [5.74, 6) is 1.53. The molecule has 1 N–H and O–H groups in total. The fourth-order valence-corrected chi connectivity index (χ4v) is 4.37. The molecule has 156 valence electrons. The Morgan fingerprint density at radius 2 is 2.00 bits per heavy atom. The van der Waals surface area contributed by atoms with Crippen LogP contribution >= 0.6 is 11.3 Å². The third-order valence-corrected chi connectivity index (χ3v) is 6.18. The van der Waals surface area contributed by atoms with Crippen molar-refractivity contribution < 1.29 is 19.1 Å². The van der Waals surface area contributed by atoms with Crippen molar-refractivity contribution in [2.24, 2.45) is 0 Å². The number of nitrogens with one attached hydrogen (secondary N) is 1. The molecule has 1 aliphatic rings. The van der Waals surface area contributed by atoms with Gasteiger partial charge in [-0.2, -0.15) is 0 Å². The Bertz CT molecular complexity index is 859. The van der Waals surface area contributed by atoms with E-state index in [0.29, 0.717) is 49.0 Å². The molecule has 0 aliphatic carbocycles. The highest BCUT2D eigenvalue weighted by Crippen LogP contribution is 2.32. The van der Waals surface area contributed by atoms with Crippen molar-refractivity contribution in [3.8, 4) is 11.5 Å². The Hall–Kier alpha value is -2.61. The summed E-state index contributed by atoms with van der Waals surface area (Å²) in [7, 11) is 3.14. The lowest BCUT2D eigenvalue weighted by molar-refractivity contribution is -0.120. The van der Waals surface area contributed by atoms with Crippen molar-refractivity contribution in [3.05, 3.63) is 39.8 Å². The fraction of sp³-hybridized carbons (Fsp3) is 0.476. The number of methoxy groups -OCH3 is 2. The summed E-state index contributed by atoms with van der Waals surface area (Å²) in [6.45, 7) is 3.66. The van der Waals surface area contributed by atoms with Crippen LogP contribution in [0.5, 0.6) is 11.5 Å². The first-order chi connectivity index (χ1) is 14.0. The van der Waals surface area contributed by atoms with Crippen LogP contribution in [-0.2, 0) is 11.3 Å². The lowest BCUT2D eigenvalue weighted by Crippen LogP contribution is -2.38. The molecule has 0 saturated carbocycles. The normalized spacial score (nSPS) is 14.5. The predicted molar refractivity (Wildman–Crippen MR) is 112 cm³/mol. The van der Waals surface area contributed by atoms with Crippen LogP contribution in [0.1, 0.15) is 53.2 Å². The van der Waals surface area contributed by atoms with E-state index in [1.54, 1.807) is 43.8 Å². The molecule has 0 spiro atoms. The molecule has 2 heterocycles. The maximum Gasteiger partial charge on any atom is 0.257 e. The van der Waals surface area contributed by atoms with Crippen molar-refractivity contribution in [1.29, 1.82) is 0 Å². The molecule has 8 heteroatoms. The minimum atomic E-state index is -0.0231. The van der Waals surface area contributed by atoms with Gasteiger partial charge < -0.3 is 19.7 Å². The maximum atomic E-state index is 13.0. The van der Waals surface area contributed by atoms with Crippen LogP contribution in [0.25, 0.3) is 0 Å². The van der Waals surface area contributed by atoms with Crippen LogP contribution in [-0.4, -0.2) is 49.0 Å². The summed E-state index contributed by atoms with van der Waals surface area (Å²) in [5, 5.41) is 5.94. The van der Waals surface area contributed by atoms with E-state index in [0.717, 1.165) is 23.5 Å². The van der Waals surface area contributed by atoms with Crippen molar-refractivity contribution >= 4 is 23.2 Å². The van der Waals surface area contributed by atoms with Gasteiger partial charge in [0.15, 0.2) is 0 Å². The minimum Gasteiger partial charge on any atom is -0.497 e. The number of benzene rings is 1. The van der Waals surface area contributed by atoms with Crippen LogP contribution in [0.2, 0.25) is 0 Å². The average molecular weight is 418 g/mol. The smallest absolute Gasteiger partial charge is 0.257 e. The Kier molecular flexibility index (Phi) is 7.09. The molecule has 0 atom stereocenters. The van der Waals surface area contributed by atoms with Gasteiger partial charge >= 0.3 is 0 Å². The number of rotatable bonds is 7. The molecule has 3 rings (SSSR count). The molecule has 1 aromatic heterocycles. The van der Waals surface area contributed by atoms with Crippen LogP contribution in [0.15, 0.2) is 23.6 Å². The number of hydrogen-bond acceptors (Lipinski definition) is 6. The van der Waals surface area contributed by atoms with E-state index in [-0.39, 0.29) is 11.8 Å². The monoisotopic (exact) mass is 417 g/mol. The highest BCUT2D eigenvalue weighted by molar-refractivity contribution is 7.09. The second kappa shape index (κ2) is 9.73. The first kappa shape index (κ1) is 21.1. The van der Waals surface area contributed by atoms with E-state index in [1.165, 1.54) is 0 Å². The lowest BCUT2D eigenvalue weighted by Gasteiger charge is -2.31. The third kappa shape index (κ3) is 5.06. The molecule has 7 nitrogen and oxygen atoms in total. The minimum absolute atomic E-state index is 0.0231. The molecule has 0 radical (unpaired) electrons. The van der Waals surface area contributed by atoms with Crippen LogP contribution < -0.4 is 14.8 Å². The van der Waals surface area contributed by atoms with Gasteiger partial charge in [0.05, 0.1) is 37.0 Å². The van der Waals surface area contributed by atoms with Gasteiger partial charge in [0.25, 0.3) is 5.91 Å². The van der Waals surface area contributed by atoms with E-state index in [1.807, 2.05) is 17.2 Å². The number of amides is 2. The Morgan fingerprint density at radius 1 is 1.24 bits per heavy atom. The van der Waals surface area contributed by atoms with Crippen molar-refractivity contribution in [2.45, 2.75) is 38.6 Å². The van der Waals surface area contributed by atoms with Crippen molar-refractivity contribution in [3.63, 3.8) is 0 Å². The maximum absolute atomic E-state index is 13.0. The number of thiazole rings is 1. The summed E-state index contributed by atoms with van der Waals surface area (Å²) in [5.41, 5.74) is 1.45. The number of ether oxygens (including phenoxy) is 2. The van der Waals surface area contributed by atoms with Gasteiger partial charge in [-0.3, -0.25) is 9.59 Å². The Morgan fingerprint density at radius 3 is 2.66 bits per heavy atom. The fourth-order valence-electron chi connectivity index (χ4n) is 3.38. The Labute approximate surface area is 175 Å². The summed E-state index contributed by atoms with van der Waals surface area (Å²) in [6.07, 6.45) is 2.22. The standard InChI is InChI=1S/C21H27N3O4S/c1-4-19(25)22-12-15-13-29-20(23-15)14-7-9-24(10-8-14)21(26)17-6-5-16(27-2)11-18(17)28-3/h5-6,11,13-14H,4,7-10,12H2,1-3H3,(H,22,25). The first-order valence-corrected chi connectivity index (χ1v) is 10.7. The molecule has 29 heavy (non-hydrogen) atoms. The number of likely N-dealkylation sites (tertiary alicyclic amines) is 1. The first-order valence-electron chi connectivity index (χ1n) is 9.78. The molecular weight excluding hydrogens is 390 g/mol. The van der Waals surface area contributed by atoms with E-state index in [2.05, 4.69) is 10.3 Å². The summed E-state index contributed by atoms with van der Waals surface area (Å²) in [4.78, 5) is 30.9. The molecule has 1 saturated heterocycles. The van der Waals surface area contributed by atoms with Gasteiger partial charge in [0.1, 0.15) is 11.5 Å². The van der Waals surface area contributed by atoms with Crippen molar-refractivity contribution in [1.82, 2.24) is 15.2 Å². The highest BCUT2D eigenvalue weighted by atomic mass is 32.1. The molecule has 2 amide bonds. The molecule has 1 fully saturated rings. The molecule has 0 bridgehead atoms. The van der Waals surface area contributed by atoms with Crippen LogP contribution in [0.3, 0.4) is 0 Å². The second-order valence-corrected chi connectivity index (χ2v) is 7.83. The number of carbonyl (C=O) groups excluding carboxylic acids is 2. The van der Waals surface area contributed by atoms with E-state index in [4.69, 9.17) is 9.47 Å². The zero-order valence-electron chi connectivity index (χ0n) is 17.1. The van der Waals surface area contributed by atoms with Gasteiger partial charge in [-0.05, 0) is 25.0 Å². The van der Waals surface area contributed by atoms with Crippen molar-refractivity contribution in [2.75, 3.05) is 27.3 Å². The van der Waals surface area contributed by atoms with Crippen LogP contribution in [0, 0.1) is 0 Å². The molecule has 1 aliphatic heterocycles. The number of hydrogen-bond donors (Lipinski definition) is 1. The SMILES string of the molecule is CCC(=O)NCc1csc(C2CCN(C(=O)c3ccc(OC)cc3OC)CC2)n1. The average Bonchev–Trinajstić information content (AvgIpc) is 3.25. The number of nitrogens with zero attached hydrogens (tertiary/aromatic N) is 2. The zero-order valence-corrected chi connectivity index (χ0v) is 17.9. The quantitative estimate of drug-likeness (QED) is 0.748. The van der Waals surface area contributed by atoms with Gasteiger partial charge in [0, 0.05) is 36.9 Å². The molecular formula is C21H27N3O4S. The largest absolute Gasteiger partial charge is 0.497 e. The van der Waals surface area contributed by atoms with Crippen LogP contribution in [0.4, 0.5) is 0 Å². The number of piperidine rings is 1. The van der Waals surface area contributed by atoms with Gasteiger partial charge in [-0.1, -0.05) is 6.92 Å². The van der Waals surface area contributed by atoms with E-state index < -0.39 is 0 Å². The van der Waals surface area contributed by atoms with Gasteiger partial charge in [0.2, 0.25) is 5.91 Å². The van der Waals surface area contributed by atoms with E-state index >= 15 is 0 Å². The zero-order chi connectivity index (χ0) is 20.8.